The Morgan fingerprint density at radius 1 is 1.33 bits per heavy atom. The average Bonchev–Trinajstić information content (AvgIpc) is 2.51. The number of thiocarbonyl (C=S) groups is 1. The zero-order chi connectivity index (χ0) is 15.0. The number of ether oxygens (including phenoxy) is 1. The predicted molar refractivity (Wildman–Crippen MR) is 92.3 cm³/mol. The van der Waals surface area contributed by atoms with E-state index in [0.29, 0.717) is 27.1 Å². The molecule has 4 nitrogen and oxygen atoms in total. The minimum atomic E-state index is 0.158. The minimum absolute atomic E-state index is 0.158. The van der Waals surface area contributed by atoms with Crippen LogP contribution in [0.2, 0.25) is 0 Å². The molecule has 0 radical (unpaired) electrons. The van der Waals surface area contributed by atoms with E-state index in [-0.39, 0.29) is 5.75 Å². The van der Waals surface area contributed by atoms with Gasteiger partial charge in [-0.2, -0.15) is 0 Å². The molecule has 0 saturated carbocycles. The van der Waals surface area contributed by atoms with Crippen LogP contribution in [-0.4, -0.2) is 28.2 Å². The summed E-state index contributed by atoms with van der Waals surface area (Å²) >= 11 is 12.2. The zero-order valence-electron chi connectivity index (χ0n) is 10.7. The van der Waals surface area contributed by atoms with Crippen LogP contribution in [0.4, 0.5) is 5.69 Å². The molecule has 21 heavy (non-hydrogen) atoms. The smallest absolute Gasteiger partial charge is 0.146 e. The molecule has 0 bridgehead atoms. The molecule has 1 aliphatic rings. The molecule has 0 saturated heterocycles. The maximum Gasteiger partial charge on any atom is 0.146 e. The topological polar surface area (TPSA) is 45.6 Å². The van der Waals surface area contributed by atoms with Crippen LogP contribution in [0.3, 0.4) is 0 Å². The van der Waals surface area contributed by atoms with Gasteiger partial charge in [0.25, 0.3) is 0 Å². The van der Waals surface area contributed by atoms with Gasteiger partial charge in [-0.1, -0.05) is 12.2 Å². The van der Waals surface area contributed by atoms with E-state index in [9.17, 15) is 5.11 Å². The number of fused-ring (bicyclic) bond motifs is 1. The molecule has 1 N–H and O–H groups in total. The fraction of sp³-hybridized carbons (Fsp3) is 0.143. The summed E-state index contributed by atoms with van der Waals surface area (Å²) in [5.41, 5.74) is 1.69. The maximum absolute atomic E-state index is 9.80. The molecular weight excluding hydrogens is 420 g/mol. The minimum Gasteiger partial charge on any atom is -0.506 e. The third kappa shape index (κ3) is 2.77. The molecule has 1 aliphatic heterocycles. The number of phenolic OH excluding ortho intramolecular Hbond substituents is 1. The Bertz CT molecular complexity index is 701. The van der Waals surface area contributed by atoms with E-state index in [2.05, 4.69) is 36.8 Å². The number of pyridine rings is 1. The van der Waals surface area contributed by atoms with Crippen molar-refractivity contribution in [3.05, 3.63) is 45.1 Å². The van der Waals surface area contributed by atoms with Crippen molar-refractivity contribution in [1.29, 1.82) is 0 Å². The summed E-state index contributed by atoms with van der Waals surface area (Å²) in [5, 5.41) is 9.80. The number of anilines is 1. The molecule has 0 spiro atoms. The molecule has 3 rings (SSSR count). The zero-order valence-corrected chi connectivity index (χ0v) is 14.7. The molecular formula is C14H10Br2N2O2S. The van der Waals surface area contributed by atoms with Gasteiger partial charge in [0.1, 0.15) is 28.8 Å². The molecule has 0 atom stereocenters. The highest BCUT2D eigenvalue weighted by Gasteiger charge is 2.23. The molecule has 2 aromatic rings. The molecule has 1 aromatic heterocycles. The van der Waals surface area contributed by atoms with Crippen LogP contribution >= 0.6 is 44.1 Å². The second kappa shape index (κ2) is 5.90. The number of halogens is 2. The van der Waals surface area contributed by atoms with Gasteiger partial charge in [0.2, 0.25) is 0 Å². The van der Waals surface area contributed by atoms with E-state index in [1.54, 1.807) is 24.5 Å². The normalized spacial score (nSPS) is 13.5. The monoisotopic (exact) mass is 428 g/mol. The summed E-state index contributed by atoms with van der Waals surface area (Å²) in [6.45, 7) is 1.23. The van der Waals surface area contributed by atoms with Gasteiger partial charge in [-0.05, 0) is 44.0 Å². The molecule has 7 heteroatoms. The number of hydrogen-bond donors (Lipinski definition) is 1. The van der Waals surface area contributed by atoms with E-state index in [1.807, 2.05) is 11.0 Å². The summed E-state index contributed by atoms with van der Waals surface area (Å²) < 4.78 is 6.79. The van der Waals surface area contributed by atoms with E-state index < -0.39 is 0 Å². The lowest BCUT2D eigenvalue weighted by molar-refractivity contribution is 0.315. The molecule has 1 aromatic carbocycles. The van der Waals surface area contributed by atoms with E-state index in [0.717, 1.165) is 17.0 Å². The molecule has 2 heterocycles. The highest BCUT2D eigenvalue weighted by molar-refractivity contribution is 9.11. The van der Waals surface area contributed by atoms with Crippen molar-refractivity contribution in [2.24, 2.45) is 0 Å². The van der Waals surface area contributed by atoms with Crippen molar-refractivity contribution in [2.75, 3.05) is 18.1 Å². The third-order valence-corrected chi connectivity index (χ3v) is 4.80. The number of nitrogens with zero attached hydrogens (tertiary/aromatic N) is 2. The molecule has 0 unspecified atom stereocenters. The van der Waals surface area contributed by atoms with Crippen molar-refractivity contribution >= 4 is 54.8 Å². The first-order valence-electron chi connectivity index (χ1n) is 6.14. The highest BCUT2D eigenvalue weighted by atomic mass is 79.9. The van der Waals surface area contributed by atoms with Crippen molar-refractivity contribution < 1.29 is 9.84 Å². The summed E-state index contributed by atoms with van der Waals surface area (Å²) in [5.74, 6) is 0.932. The maximum atomic E-state index is 9.80. The summed E-state index contributed by atoms with van der Waals surface area (Å²) in [7, 11) is 0. The Kier molecular flexibility index (Phi) is 4.14. The standard InChI is InChI=1S/C14H10Br2N2O2S/c15-9-5-8(6-10(16)13(9)19)14(21)18-3-4-20-12-1-2-17-7-11(12)18/h1-2,5-7,19H,3-4H2. The van der Waals surface area contributed by atoms with E-state index in [1.165, 1.54) is 0 Å². The lowest BCUT2D eigenvalue weighted by atomic mass is 10.2. The van der Waals surface area contributed by atoms with Gasteiger partial charge in [-0.25, -0.2) is 0 Å². The lowest BCUT2D eigenvalue weighted by Crippen LogP contribution is -2.37. The van der Waals surface area contributed by atoms with Gasteiger partial charge >= 0.3 is 0 Å². The second-order valence-corrected chi connectivity index (χ2v) is 6.53. The van der Waals surface area contributed by atoms with Crippen LogP contribution in [0.25, 0.3) is 0 Å². The van der Waals surface area contributed by atoms with Crippen LogP contribution in [0, 0.1) is 0 Å². The summed E-state index contributed by atoms with van der Waals surface area (Å²) in [4.78, 5) is 6.79. The van der Waals surface area contributed by atoms with Gasteiger partial charge in [-0.15, -0.1) is 0 Å². The average molecular weight is 430 g/mol. The first kappa shape index (κ1) is 14.7. The summed E-state index contributed by atoms with van der Waals surface area (Å²) in [6.07, 6.45) is 3.43. The summed E-state index contributed by atoms with van der Waals surface area (Å²) in [6, 6.07) is 5.43. The van der Waals surface area contributed by atoms with Gasteiger partial charge < -0.3 is 14.7 Å². The Labute approximate surface area is 144 Å². The number of aromatic hydroxyl groups is 1. The fourth-order valence-corrected chi connectivity index (χ4v) is 3.62. The van der Waals surface area contributed by atoms with Crippen LogP contribution in [0.5, 0.6) is 11.5 Å². The number of aromatic nitrogens is 1. The van der Waals surface area contributed by atoms with Crippen molar-refractivity contribution in [3.8, 4) is 11.5 Å². The molecule has 0 aliphatic carbocycles. The van der Waals surface area contributed by atoms with Gasteiger partial charge in [0.15, 0.2) is 0 Å². The van der Waals surface area contributed by atoms with Gasteiger partial charge in [0.05, 0.1) is 21.7 Å². The second-order valence-electron chi connectivity index (χ2n) is 4.44. The largest absolute Gasteiger partial charge is 0.506 e. The molecule has 0 amide bonds. The van der Waals surface area contributed by atoms with Gasteiger partial charge in [-0.3, -0.25) is 4.98 Å². The van der Waals surface area contributed by atoms with Crippen LogP contribution in [0.15, 0.2) is 39.5 Å². The lowest BCUT2D eigenvalue weighted by Gasteiger charge is -2.31. The molecule has 108 valence electrons. The number of rotatable bonds is 1. The first-order valence-corrected chi connectivity index (χ1v) is 8.14. The number of hydrogen-bond acceptors (Lipinski definition) is 4. The Hall–Kier alpha value is -1.18. The Morgan fingerprint density at radius 3 is 2.76 bits per heavy atom. The highest BCUT2D eigenvalue weighted by Crippen LogP contribution is 2.36. The molecule has 0 fully saturated rings. The fourth-order valence-electron chi connectivity index (χ4n) is 2.12. The van der Waals surface area contributed by atoms with Crippen molar-refractivity contribution in [1.82, 2.24) is 4.98 Å². The van der Waals surface area contributed by atoms with Crippen molar-refractivity contribution in [2.45, 2.75) is 0 Å². The quantitative estimate of drug-likeness (QED) is 0.696. The first-order chi connectivity index (χ1) is 10.1. The Balaban J connectivity index is 2.00. The van der Waals surface area contributed by atoms with Crippen LogP contribution in [0.1, 0.15) is 5.56 Å². The SMILES string of the molecule is Oc1c(Br)cc(C(=S)N2CCOc3ccncc32)cc1Br. The Morgan fingerprint density at radius 2 is 2.05 bits per heavy atom. The van der Waals surface area contributed by atoms with Crippen LogP contribution < -0.4 is 9.64 Å². The van der Waals surface area contributed by atoms with E-state index >= 15 is 0 Å². The third-order valence-electron chi connectivity index (χ3n) is 3.13. The predicted octanol–water partition coefficient (Wildman–Crippen LogP) is 3.89. The van der Waals surface area contributed by atoms with Crippen molar-refractivity contribution in [3.63, 3.8) is 0 Å². The van der Waals surface area contributed by atoms with Crippen LogP contribution in [-0.2, 0) is 0 Å². The van der Waals surface area contributed by atoms with Gasteiger partial charge in [0, 0.05) is 17.8 Å². The number of phenols is 1. The number of benzene rings is 1. The van der Waals surface area contributed by atoms with E-state index in [4.69, 9.17) is 17.0 Å².